The average Bonchev–Trinajstić information content (AvgIpc) is 3.05. The van der Waals surface area contributed by atoms with Crippen LogP contribution in [-0.4, -0.2) is 43.8 Å². The summed E-state index contributed by atoms with van der Waals surface area (Å²) in [6, 6.07) is 5.01. The normalized spacial score (nSPS) is 11.3. The van der Waals surface area contributed by atoms with Crippen molar-refractivity contribution in [2.75, 3.05) is 5.32 Å². The van der Waals surface area contributed by atoms with Gasteiger partial charge in [-0.25, -0.2) is 4.98 Å². The first-order valence-corrected chi connectivity index (χ1v) is 8.35. The molecule has 2 aromatic heterocycles. The van der Waals surface area contributed by atoms with E-state index in [4.69, 9.17) is 10.8 Å². The van der Waals surface area contributed by atoms with Crippen LogP contribution in [0.1, 0.15) is 50.7 Å². The van der Waals surface area contributed by atoms with Crippen LogP contribution in [0.3, 0.4) is 0 Å². The second-order valence-corrected chi connectivity index (χ2v) is 7.19. The number of carbonyl (C=O) groups excluding carboxylic acids is 1. The van der Waals surface area contributed by atoms with Gasteiger partial charge in [0, 0.05) is 12.2 Å². The fourth-order valence-corrected chi connectivity index (χ4v) is 2.24. The van der Waals surface area contributed by atoms with Gasteiger partial charge >= 0.3 is 0 Å². The Morgan fingerprint density at radius 2 is 2.04 bits per heavy atom. The number of nitrogens with zero attached hydrogens (tertiary/aromatic N) is 4. The second kappa shape index (κ2) is 7.47. The van der Waals surface area contributed by atoms with Crippen molar-refractivity contribution in [3.63, 3.8) is 0 Å². The van der Waals surface area contributed by atoms with Crippen molar-refractivity contribution in [1.82, 2.24) is 19.7 Å². The first kappa shape index (κ1) is 19.3. The van der Waals surface area contributed by atoms with Gasteiger partial charge in [-0.15, -0.1) is 0 Å². The highest BCUT2D eigenvalue weighted by molar-refractivity contribution is 6.04. The molecule has 0 saturated carbocycles. The molecule has 2 rings (SSSR count). The van der Waals surface area contributed by atoms with Crippen molar-refractivity contribution >= 4 is 23.9 Å². The minimum atomic E-state index is -0.315. The minimum absolute atomic E-state index is 0.0386. The highest BCUT2D eigenvalue weighted by Gasteiger charge is 2.18. The van der Waals surface area contributed by atoms with Crippen LogP contribution in [0.5, 0.6) is 0 Å². The number of aromatic nitrogens is 3. The molecule has 2 heterocycles. The highest BCUT2D eigenvalue weighted by atomic mass is 16.1. The smallest absolute Gasteiger partial charge is 0.260 e. The molecule has 0 bridgehead atoms. The maximum absolute atomic E-state index is 12.4. The predicted molar refractivity (Wildman–Crippen MR) is 102 cm³/mol. The van der Waals surface area contributed by atoms with Crippen molar-refractivity contribution in [3.05, 3.63) is 41.9 Å². The summed E-state index contributed by atoms with van der Waals surface area (Å²) in [6.07, 6.45) is 4.31. The van der Waals surface area contributed by atoms with Gasteiger partial charge in [-0.1, -0.05) is 6.07 Å². The molecule has 1 amide bonds. The molecule has 3 N–H and O–H groups in total. The molecule has 0 saturated heterocycles. The van der Waals surface area contributed by atoms with Crippen LogP contribution in [0.2, 0.25) is 0 Å². The quantitative estimate of drug-likeness (QED) is 0.565. The van der Waals surface area contributed by atoms with Gasteiger partial charge in [-0.3, -0.25) is 20.3 Å². The van der Waals surface area contributed by atoms with Crippen molar-refractivity contribution in [1.29, 1.82) is 10.8 Å². The molecule has 8 heteroatoms. The lowest BCUT2D eigenvalue weighted by atomic mass is 10.1. The largest absolute Gasteiger partial charge is 0.314 e. The number of hydrogen-bond donors (Lipinski definition) is 3. The third kappa shape index (κ3) is 4.33. The summed E-state index contributed by atoms with van der Waals surface area (Å²) in [5, 5.41) is 22.6. The minimum Gasteiger partial charge on any atom is -0.314 e. The molecule has 0 aliphatic rings. The van der Waals surface area contributed by atoms with Gasteiger partial charge < -0.3 is 10.2 Å². The Labute approximate surface area is 153 Å². The summed E-state index contributed by atoms with van der Waals surface area (Å²) in [7, 11) is 0. The van der Waals surface area contributed by atoms with E-state index in [-0.39, 0.29) is 23.3 Å². The lowest BCUT2D eigenvalue weighted by Crippen LogP contribution is -2.36. The van der Waals surface area contributed by atoms with Gasteiger partial charge in [0.15, 0.2) is 5.84 Å². The summed E-state index contributed by atoms with van der Waals surface area (Å²) in [5.74, 6) is 0.130. The van der Waals surface area contributed by atoms with E-state index in [0.717, 1.165) is 6.34 Å². The Morgan fingerprint density at radius 1 is 1.35 bits per heavy atom. The van der Waals surface area contributed by atoms with E-state index in [2.05, 4.69) is 15.4 Å². The van der Waals surface area contributed by atoms with E-state index in [0.29, 0.717) is 17.1 Å². The van der Waals surface area contributed by atoms with Gasteiger partial charge in [0.1, 0.15) is 11.5 Å². The topological polar surface area (TPSA) is 111 Å². The second-order valence-electron chi connectivity index (χ2n) is 7.19. The van der Waals surface area contributed by atoms with Crippen LogP contribution in [0.15, 0.2) is 30.6 Å². The number of hydrogen-bond acceptors (Lipinski definition) is 5. The summed E-state index contributed by atoms with van der Waals surface area (Å²) >= 11 is 0. The van der Waals surface area contributed by atoms with Gasteiger partial charge in [-0.2, -0.15) is 5.10 Å². The predicted octanol–water partition coefficient (Wildman–Crippen LogP) is 2.93. The number of amides is 1. The van der Waals surface area contributed by atoms with E-state index in [1.807, 2.05) is 34.6 Å². The summed E-state index contributed by atoms with van der Waals surface area (Å²) in [4.78, 5) is 18.2. The molecule has 0 radical (unpaired) electrons. The SMILES string of the molecule is CC(C)N(C=N)C(=N)c1cccc(NC(=O)c2cnn(C(C)(C)C)c2)n1. The number of amidine groups is 1. The van der Waals surface area contributed by atoms with Crippen molar-refractivity contribution in [2.24, 2.45) is 0 Å². The first-order valence-electron chi connectivity index (χ1n) is 8.35. The maximum atomic E-state index is 12.4. The number of anilines is 1. The molecule has 2 aromatic rings. The van der Waals surface area contributed by atoms with Gasteiger partial charge in [-0.05, 0) is 46.8 Å². The molecule has 0 spiro atoms. The third-order valence-electron chi connectivity index (χ3n) is 3.72. The molecule has 0 aromatic carbocycles. The lowest BCUT2D eigenvalue weighted by Gasteiger charge is -2.23. The fourth-order valence-electron chi connectivity index (χ4n) is 2.24. The molecular weight excluding hydrogens is 330 g/mol. The Balaban J connectivity index is 2.18. The standard InChI is InChI=1S/C18H25N7O/c1-12(2)24(11-19)16(20)14-7-6-8-15(22-14)23-17(26)13-9-21-25(10-13)18(3,4)5/h6-12,19-20H,1-5H3,(H,22,23,26). The maximum Gasteiger partial charge on any atom is 0.260 e. The summed E-state index contributed by atoms with van der Waals surface area (Å²) in [6.45, 7) is 9.78. The number of pyridine rings is 1. The molecular formula is C18H25N7O. The fraction of sp³-hybridized carbons (Fsp3) is 0.389. The van der Waals surface area contributed by atoms with E-state index < -0.39 is 0 Å². The van der Waals surface area contributed by atoms with Crippen LogP contribution >= 0.6 is 0 Å². The Hall–Kier alpha value is -3.03. The van der Waals surface area contributed by atoms with Crippen molar-refractivity contribution in [3.8, 4) is 0 Å². The van der Waals surface area contributed by atoms with Crippen molar-refractivity contribution < 1.29 is 4.79 Å². The molecule has 0 unspecified atom stereocenters. The zero-order chi connectivity index (χ0) is 19.5. The Bertz CT molecular complexity index is 817. The summed E-state index contributed by atoms with van der Waals surface area (Å²) in [5.41, 5.74) is 0.606. The molecule has 138 valence electrons. The molecule has 26 heavy (non-hydrogen) atoms. The van der Waals surface area contributed by atoms with Crippen LogP contribution in [0.4, 0.5) is 5.82 Å². The van der Waals surface area contributed by atoms with Gasteiger partial charge in [0.25, 0.3) is 5.91 Å². The van der Waals surface area contributed by atoms with Crippen LogP contribution in [-0.2, 0) is 5.54 Å². The van der Waals surface area contributed by atoms with E-state index in [1.54, 1.807) is 29.1 Å². The average molecular weight is 355 g/mol. The third-order valence-corrected chi connectivity index (χ3v) is 3.72. The van der Waals surface area contributed by atoms with Crippen LogP contribution in [0.25, 0.3) is 0 Å². The van der Waals surface area contributed by atoms with Gasteiger partial charge in [0.2, 0.25) is 0 Å². The molecule has 8 nitrogen and oxygen atoms in total. The number of nitrogens with one attached hydrogen (secondary N) is 3. The Kier molecular flexibility index (Phi) is 5.54. The van der Waals surface area contributed by atoms with Gasteiger partial charge in [0.05, 0.1) is 23.6 Å². The molecule has 0 fully saturated rings. The molecule has 0 atom stereocenters. The summed E-state index contributed by atoms with van der Waals surface area (Å²) < 4.78 is 1.73. The zero-order valence-electron chi connectivity index (χ0n) is 15.7. The van der Waals surface area contributed by atoms with Crippen LogP contribution < -0.4 is 5.32 Å². The lowest BCUT2D eigenvalue weighted by molar-refractivity contribution is 0.102. The van der Waals surface area contributed by atoms with Crippen molar-refractivity contribution in [2.45, 2.75) is 46.2 Å². The highest BCUT2D eigenvalue weighted by Crippen LogP contribution is 2.15. The zero-order valence-corrected chi connectivity index (χ0v) is 15.7. The van der Waals surface area contributed by atoms with E-state index in [9.17, 15) is 4.79 Å². The monoisotopic (exact) mass is 355 g/mol. The number of rotatable bonds is 5. The Morgan fingerprint density at radius 3 is 2.58 bits per heavy atom. The first-order chi connectivity index (χ1) is 12.1. The molecule has 0 aliphatic carbocycles. The number of carbonyl (C=O) groups is 1. The van der Waals surface area contributed by atoms with Crippen LogP contribution in [0, 0.1) is 10.8 Å². The van der Waals surface area contributed by atoms with E-state index >= 15 is 0 Å². The molecule has 0 aliphatic heterocycles. The van der Waals surface area contributed by atoms with E-state index in [1.165, 1.54) is 11.1 Å².